The highest BCUT2D eigenvalue weighted by atomic mass is 32.2. The normalized spacial score (nSPS) is 17.6. The number of sulfone groups is 1. The molecule has 0 radical (unpaired) electrons. The molecular formula is C17H19NO3S. The molecule has 0 fully saturated rings. The molecule has 4 nitrogen and oxygen atoms in total. The molecule has 0 spiro atoms. The molecule has 0 amide bonds. The summed E-state index contributed by atoms with van der Waals surface area (Å²) in [6.07, 6.45) is 1.94. The molecule has 1 atom stereocenters. The Balaban J connectivity index is 1.95. The summed E-state index contributed by atoms with van der Waals surface area (Å²) >= 11 is 0. The Hall–Kier alpha value is -1.85. The summed E-state index contributed by atoms with van der Waals surface area (Å²) in [4.78, 5) is 0.583. The number of hydrogen-bond donors (Lipinski definition) is 1. The van der Waals surface area contributed by atoms with Crippen LogP contribution >= 0.6 is 0 Å². The highest BCUT2D eigenvalue weighted by molar-refractivity contribution is 7.91. The van der Waals surface area contributed by atoms with Gasteiger partial charge in [0, 0.05) is 6.54 Å². The lowest BCUT2D eigenvalue weighted by Crippen LogP contribution is -2.32. The third-order valence-electron chi connectivity index (χ3n) is 3.86. The van der Waals surface area contributed by atoms with Gasteiger partial charge < -0.3 is 10.1 Å². The van der Waals surface area contributed by atoms with Crippen molar-refractivity contribution < 1.29 is 13.2 Å². The van der Waals surface area contributed by atoms with Crippen molar-refractivity contribution in [3.63, 3.8) is 0 Å². The maximum absolute atomic E-state index is 12.7. The van der Waals surface area contributed by atoms with E-state index in [-0.39, 0.29) is 11.0 Å². The minimum Gasteiger partial charge on any atom is -0.489 e. The summed E-state index contributed by atoms with van der Waals surface area (Å²) in [6.45, 7) is 0.759. The third kappa shape index (κ3) is 2.87. The summed E-state index contributed by atoms with van der Waals surface area (Å²) in [7, 11) is -1.61. The molecule has 1 aliphatic rings. The number of likely N-dealkylation sites (N-methyl/N-ethyl adjacent to an activating group) is 1. The second-order valence-electron chi connectivity index (χ2n) is 5.42. The minimum absolute atomic E-state index is 0.0900. The number of aryl methyl sites for hydroxylation is 1. The van der Waals surface area contributed by atoms with E-state index in [4.69, 9.17) is 4.74 Å². The van der Waals surface area contributed by atoms with Gasteiger partial charge in [0.15, 0.2) is 0 Å². The Morgan fingerprint density at radius 3 is 2.64 bits per heavy atom. The SMILES string of the molecule is CNC[C@H]1CCc2ccc(S(=O)(=O)c3ccccc3)cc2O1. The van der Waals surface area contributed by atoms with Crippen LogP contribution in [-0.4, -0.2) is 28.1 Å². The van der Waals surface area contributed by atoms with E-state index < -0.39 is 9.84 Å². The van der Waals surface area contributed by atoms with Gasteiger partial charge in [-0.15, -0.1) is 0 Å². The molecule has 2 aromatic rings. The lowest BCUT2D eigenvalue weighted by Gasteiger charge is -2.26. The summed E-state index contributed by atoms with van der Waals surface area (Å²) in [5.41, 5.74) is 1.07. The van der Waals surface area contributed by atoms with Crippen LogP contribution in [0.2, 0.25) is 0 Å². The van der Waals surface area contributed by atoms with Crippen LogP contribution in [0.25, 0.3) is 0 Å². The van der Waals surface area contributed by atoms with Gasteiger partial charge in [0.05, 0.1) is 9.79 Å². The molecule has 2 aromatic carbocycles. The van der Waals surface area contributed by atoms with E-state index in [1.54, 1.807) is 42.5 Å². The van der Waals surface area contributed by atoms with Crippen molar-refractivity contribution in [2.75, 3.05) is 13.6 Å². The van der Waals surface area contributed by atoms with E-state index in [1.807, 2.05) is 13.1 Å². The zero-order chi connectivity index (χ0) is 15.6. The number of fused-ring (bicyclic) bond motifs is 1. The summed E-state index contributed by atoms with van der Waals surface area (Å²) < 4.78 is 31.2. The van der Waals surface area contributed by atoms with Crippen molar-refractivity contribution in [1.29, 1.82) is 0 Å². The molecule has 0 saturated heterocycles. The lowest BCUT2D eigenvalue weighted by atomic mass is 10.0. The summed E-state index contributed by atoms with van der Waals surface area (Å²) in [5, 5.41) is 3.10. The average Bonchev–Trinajstić information content (AvgIpc) is 2.55. The quantitative estimate of drug-likeness (QED) is 0.941. The average molecular weight is 317 g/mol. The second kappa shape index (κ2) is 6.10. The van der Waals surface area contributed by atoms with Crippen LogP contribution in [0.1, 0.15) is 12.0 Å². The van der Waals surface area contributed by atoms with Gasteiger partial charge in [0.1, 0.15) is 11.9 Å². The third-order valence-corrected chi connectivity index (χ3v) is 5.63. The number of nitrogens with one attached hydrogen (secondary N) is 1. The van der Waals surface area contributed by atoms with Crippen LogP contribution in [0.15, 0.2) is 58.3 Å². The molecule has 0 bridgehead atoms. The summed E-state index contributed by atoms with van der Waals surface area (Å²) in [5.74, 6) is 0.684. The number of hydrogen-bond acceptors (Lipinski definition) is 4. The van der Waals surface area contributed by atoms with Crippen LogP contribution in [0, 0.1) is 0 Å². The second-order valence-corrected chi connectivity index (χ2v) is 7.37. The molecular weight excluding hydrogens is 298 g/mol. The first-order valence-corrected chi connectivity index (χ1v) is 8.84. The van der Waals surface area contributed by atoms with Gasteiger partial charge in [-0.05, 0) is 49.7 Å². The van der Waals surface area contributed by atoms with E-state index in [1.165, 1.54) is 0 Å². The molecule has 0 aromatic heterocycles. The molecule has 3 rings (SSSR count). The van der Waals surface area contributed by atoms with Crippen LogP contribution in [0.4, 0.5) is 0 Å². The van der Waals surface area contributed by atoms with Crippen LogP contribution in [-0.2, 0) is 16.3 Å². The Labute approximate surface area is 131 Å². The highest BCUT2D eigenvalue weighted by Gasteiger charge is 2.23. The number of benzene rings is 2. The van der Waals surface area contributed by atoms with Crippen molar-refractivity contribution in [1.82, 2.24) is 5.32 Å². The fraction of sp³-hybridized carbons (Fsp3) is 0.294. The van der Waals surface area contributed by atoms with Crippen molar-refractivity contribution in [2.24, 2.45) is 0 Å². The zero-order valence-corrected chi connectivity index (χ0v) is 13.3. The monoisotopic (exact) mass is 317 g/mol. The van der Waals surface area contributed by atoms with Gasteiger partial charge in [-0.2, -0.15) is 0 Å². The van der Waals surface area contributed by atoms with E-state index in [0.29, 0.717) is 10.6 Å². The molecule has 1 N–H and O–H groups in total. The molecule has 0 aliphatic carbocycles. The van der Waals surface area contributed by atoms with Crippen molar-refractivity contribution in [3.05, 3.63) is 54.1 Å². The largest absolute Gasteiger partial charge is 0.489 e. The van der Waals surface area contributed by atoms with Crippen LogP contribution in [0.3, 0.4) is 0 Å². The standard InChI is InChI=1S/C17H19NO3S/c1-18-12-14-9-7-13-8-10-16(11-17(13)21-14)22(19,20)15-5-3-2-4-6-15/h2-6,8,10-11,14,18H,7,9,12H2,1H3/t14-/m1/s1. The zero-order valence-electron chi connectivity index (χ0n) is 12.5. The predicted octanol–water partition coefficient (Wildman–Crippen LogP) is 2.43. The fourth-order valence-corrected chi connectivity index (χ4v) is 3.98. The Morgan fingerprint density at radius 1 is 1.14 bits per heavy atom. The van der Waals surface area contributed by atoms with E-state index in [9.17, 15) is 8.42 Å². The van der Waals surface area contributed by atoms with Gasteiger partial charge in [-0.25, -0.2) is 8.42 Å². The fourth-order valence-electron chi connectivity index (χ4n) is 2.68. The minimum atomic E-state index is -3.50. The summed E-state index contributed by atoms with van der Waals surface area (Å²) in [6, 6.07) is 13.7. The molecule has 5 heteroatoms. The first-order chi connectivity index (χ1) is 10.6. The molecule has 0 unspecified atom stereocenters. The molecule has 22 heavy (non-hydrogen) atoms. The molecule has 1 aliphatic heterocycles. The topological polar surface area (TPSA) is 55.4 Å². The van der Waals surface area contributed by atoms with Crippen molar-refractivity contribution in [2.45, 2.75) is 28.7 Å². The highest BCUT2D eigenvalue weighted by Crippen LogP contribution is 2.32. The molecule has 1 heterocycles. The van der Waals surface area contributed by atoms with Crippen molar-refractivity contribution >= 4 is 9.84 Å². The van der Waals surface area contributed by atoms with Crippen LogP contribution in [0.5, 0.6) is 5.75 Å². The molecule has 116 valence electrons. The van der Waals surface area contributed by atoms with Gasteiger partial charge in [-0.1, -0.05) is 24.3 Å². The van der Waals surface area contributed by atoms with E-state index in [2.05, 4.69) is 5.32 Å². The van der Waals surface area contributed by atoms with Gasteiger partial charge in [0.2, 0.25) is 9.84 Å². The smallest absolute Gasteiger partial charge is 0.206 e. The maximum atomic E-state index is 12.7. The predicted molar refractivity (Wildman–Crippen MR) is 85.0 cm³/mol. The van der Waals surface area contributed by atoms with E-state index >= 15 is 0 Å². The Morgan fingerprint density at radius 2 is 1.91 bits per heavy atom. The van der Waals surface area contributed by atoms with Gasteiger partial charge in [0.25, 0.3) is 0 Å². The Bertz CT molecular complexity index is 757. The van der Waals surface area contributed by atoms with Crippen molar-refractivity contribution in [3.8, 4) is 5.75 Å². The number of ether oxygens (including phenoxy) is 1. The molecule has 0 saturated carbocycles. The van der Waals surface area contributed by atoms with Gasteiger partial charge in [-0.3, -0.25) is 0 Å². The van der Waals surface area contributed by atoms with Crippen LogP contribution < -0.4 is 10.1 Å². The van der Waals surface area contributed by atoms with Gasteiger partial charge >= 0.3 is 0 Å². The Kier molecular flexibility index (Phi) is 4.18. The number of rotatable bonds is 4. The maximum Gasteiger partial charge on any atom is 0.206 e. The lowest BCUT2D eigenvalue weighted by molar-refractivity contribution is 0.173. The van der Waals surface area contributed by atoms with E-state index in [0.717, 1.165) is 24.9 Å². The first-order valence-electron chi connectivity index (χ1n) is 7.35. The first kappa shape index (κ1) is 15.1.